The van der Waals surface area contributed by atoms with E-state index in [-0.39, 0.29) is 12.6 Å². The van der Waals surface area contributed by atoms with Crippen molar-refractivity contribution in [1.29, 1.82) is 0 Å². The van der Waals surface area contributed by atoms with Gasteiger partial charge in [0.25, 0.3) is 0 Å². The van der Waals surface area contributed by atoms with E-state index >= 15 is 0 Å². The van der Waals surface area contributed by atoms with Crippen molar-refractivity contribution < 1.29 is 9.90 Å². The van der Waals surface area contributed by atoms with E-state index in [9.17, 15) is 9.90 Å². The normalized spacial score (nSPS) is 12.0. The summed E-state index contributed by atoms with van der Waals surface area (Å²) < 4.78 is 1.83. The van der Waals surface area contributed by atoms with Crippen molar-refractivity contribution in [3.05, 3.63) is 53.3 Å². The maximum atomic E-state index is 11.8. The Hall–Kier alpha value is -2.27. The van der Waals surface area contributed by atoms with Gasteiger partial charge in [0.2, 0.25) is 0 Å². The van der Waals surface area contributed by atoms with E-state index in [0.717, 1.165) is 16.9 Å². The minimum Gasteiger partial charge on any atom is -0.385 e. The number of carbonyl (C=O) groups is 1. The smallest absolute Gasteiger partial charge is 0.319 e. The van der Waals surface area contributed by atoms with Crippen LogP contribution in [0.1, 0.15) is 22.9 Å². The Labute approximate surface area is 124 Å². The van der Waals surface area contributed by atoms with Crippen LogP contribution in [0.2, 0.25) is 0 Å². The number of aliphatic hydroxyl groups excluding tert-OH is 1. The first-order valence-electron chi connectivity index (χ1n) is 6.89. The second-order valence-electron chi connectivity index (χ2n) is 5.19. The highest BCUT2D eigenvalue weighted by molar-refractivity contribution is 5.89. The number of amides is 2. The van der Waals surface area contributed by atoms with E-state index < -0.39 is 6.10 Å². The number of nitrogens with zero attached hydrogens (tertiary/aromatic N) is 1. The summed E-state index contributed by atoms with van der Waals surface area (Å²) in [5.74, 6) is 0. The Kier molecular flexibility index (Phi) is 4.65. The molecule has 1 heterocycles. The number of nitrogens with one attached hydrogen (secondary N) is 2. The first-order chi connectivity index (χ1) is 9.97. The summed E-state index contributed by atoms with van der Waals surface area (Å²) in [7, 11) is 1.85. The van der Waals surface area contributed by atoms with Crippen LogP contribution in [0.5, 0.6) is 0 Å². The van der Waals surface area contributed by atoms with E-state index in [1.165, 1.54) is 5.56 Å². The number of aliphatic hydroxyl groups is 1. The molecule has 2 amide bonds. The van der Waals surface area contributed by atoms with Gasteiger partial charge < -0.3 is 20.3 Å². The molecule has 0 radical (unpaired) electrons. The van der Waals surface area contributed by atoms with Crippen molar-refractivity contribution in [2.24, 2.45) is 7.05 Å². The highest BCUT2D eigenvalue weighted by Crippen LogP contribution is 2.14. The van der Waals surface area contributed by atoms with Crippen LogP contribution in [0.25, 0.3) is 0 Å². The van der Waals surface area contributed by atoms with Gasteiger partial charge in [-0.25, -0.2) is 4.79 Å². The molecule has 2 rings (SSSR count). The Morgan fingerprint density at radius 1 is 1.29 bits per heavy atom. The number of carbonyl (C=O) groups excluding carboxylic acids is 1. The average molecular weight is 287 g/mol. The molecule has 5 heteroatoms. The van der Waals surface area contributed by atoms with Crippen molar-refractivity contribution in [2.45, 2.75) is 20.0 Å². The molecule has 0 aliphatic rings. The molecule has 1 aromatic carbocycles. The van der Waals surface area contributed by atoms with Gasteiger partial charge in [0, 0.05) is 24.6 Å². The molecule has 1 unspecified atom stereocenters. The molecule has 5 nitrogen and oxygen atoms in total. The summed E-state index contributed by atoms with van der Waals surface area (Å²) in [6.07, 6.45) is 1.13. The highest BCUT2D eigenvalue weighted by Gasteiger charge is 2.12. The first-order valence-corrected chi connectivity index (χ1v) is 6.89. The summed E-state index contributed by atoms with van der Waals surface area (Å²) in [4.78, 5) is 11.8. The zero-order valence-electron chi connectivity index (χ0n) is 12.6. The van der Waals surface area contributed by atoms with Gasteiger partial charge in [0.1, 0.15) is 6.10 Å². The zero-order chi connectivity index (χ0) is 15.4. The van der Waals surface area contributed by atoms with Crippen LogP contribution in [0.3, 0.4) is 0 Å². The van der Waals surface area contributed by atoms with Gasteiger partial charge in [-0.15, -0.1) is 0 Å². The molecular formula is C16H21N3O2. The Morgan fingerprint density at radius 3 is 2.67 bits per heavy atom. The van der Waals surface area contributed by atoms with Crippen LogP contribution in [-0.4, -0.2) is 22.2 Å². The van der Waals surface area contributed by atoms with E-state index in [2.05, 4.69) is 10.6 Å². The number of hydrogen-bond donors (Lipinski definition) is 3. The number of aromatic nitrogens is 1. The minimum atomic E-state index is -0.726. The van der Waals surface area contributed by atoms with E-state index in [1.807, 2.05) is 62.0 Å². The Morgan fingerprint density at radius 2 is 2.05 bits per heavy atom. The molecule has 0 bridgehead atoms. The van der Waals surface area contributed by atoms with Crippen LogP contribution < -0.4 is 10.6 Å². The van der Waals surface area contributed by atoms with Gasteiger partial charge in [0.05, 0.1) is 6.54 Å². The van der Waals surface area contributed by atoms with E-state index in [4.69, 9.17) is 0 Å². The second kappa shape index (κ2) is 6.45. The lowest BCUT2D eigenvalue weighted by molar-refractivity contribution is 0.167. The monoisotopic (exact) mass is 287 g/mol. The third kappa shape index (κ3) is 3.86. The van der Waals surface area contributed by atoms with E-state index in [1.54, 1.807) is 0 Å². The second-order valence-corrected chi connectivity index (χ2v) is 5.19. The summed E-state index contributed by atoms with van der Waals surface area (Å²) in [5.41, 5.74) is 3.81. The average Bonchev–Trinajstić information content (AvgIpc) is 2.86. The molecule has 0 aliphatic heterocycles. The summed E-state index contributed by atoms with van der Waals surface area (Å²) in [5, 5.41) is 15.4. The number of aryl methyl sites for hydroxylation is 3. The molecule has 0 fully saturated rings. The Bertz CT molecular complexity index is 634. The van der Waals surface area contributed by atoms with E-state index in [0.29, 0.717) is 0 Å². The quantitative estimate of drug-likeness (QED) is 0.809. The molecule has 0 saturated heterocycles. The summed E-state index contributed by atoms with van der Waals surface area (Å²) >= 11 is 0. The fourth-order valence-electron chi connectivity index (χ4n) is 2.11. The van der Waals surface area contributed by atoms with Crippen LogP contribution in [0.4, 0.5) is 10.5 Å². The first kappa shape index (κ1) is 15.1. The summed E-state index contributed by atoms with van der Waals surface area (Å²) in [6.45, 7) is 4.18. The lowest BCUT2D eigenvalue weighted by Gasteiger charge is -2.14. The predicted molar refractivity (Wildman–Crippen MR) is 83.3 cm³/mol. The fourth-order valence-corrected chi connectivity index (χ4v) is 2.11. The van der Waals surface area contributed by atoms with Gasteiger partial charge in [-0.1, -0.05) is 6.07 Å². The topological polar surface area (TPSA) is 66.3 Å². The number of benzene rings is 1. The molecular weight excluding hydrogens is 266 g/mol. The third-order valence-electron chi connectivity index (χ3n) is 3.55. The molecule has 1 aromatic heterocycles. The number of hydrogen-bond acceptors (Lipinski definition) is 2. The number of rotatable bonds is 4. The van der Waals surface area contributed by atoms with Crippen molar-refractivity contribution in [3.63, 3.8) is 0 Å². The molecule has 0 aliphatic carbocycles. The SMILES string of the molecule is Cc1ccc(NC(=O)NCC(O)c2cccn2C)cc1C. The Balaban J connectivity index is 1.87. The number of anilines is 1. The summed E-state index contributed by atoms with van der Waals surface area (Å²) in [6, 6.07) is 9.09. The minimum absolute atomic E-state index is 0.161. The van der Waals surface area contributed by atoms with Crippen LogP contribution in [0, 0.1) is 13.8 Å². The molecule has 21 heavy (non-hydrogen) atoms. The molecule has 112 valence electrons. The fraction of sp³-hybridized carbons (Fsp3) is 0.312. The largest absolute Gasteiger partial charge is 0.385 e. The van der Waals surface area contributed by atoms with Crippen molar-refractivity contribution in [1.82, 2.24) is 9.88 Å². The van der Waals surface area contributed by atoms with Crippen molar-refractivity contribution in [2.75, 3.05) is 11.9 Å². The van der Waals surface area contributed by atoms with Gasteiger partial charge in [-0.3, -0.25) is 0 Å². The molecule has 0 saturated carbocycles. The molecule has 0 spiro atoms. The molecule has 2 aromatic rings. The van der Waals surface area contributed by atoms with Gasteiger partial charge in [-0.05, 0) is 49.2 Å². The zero-order valence-corrected chi connectivity index (χ0v) is 12.6. The van der Waals surface area contributed by atoms with Gasteiger partial charge in [-0.2, -0.15) is 0 Å². The van der Waals surface area contributed by atoms with Crippen molar-refractivity contribution >= 4 is 11.7 Å². The standard InChI is InChI=1S/C16H21N3O2/c1-11-6-7-13(9-12(11)2)18-16(21)17-10-15(20)14-5-4-8-19(14)3/h4-9,15,20H,10H2,1-3H3,(H2,17,18,21). The molecule has 3 N–H and O–H groups in total. The molecule has 1 atom stereocenters. The lowest BCUT2D eigenvalue weighted by atomic mass is 10.1. The van der Waals surface area contributed by atoms with Crippen LogP contribution in [-0.2, 0) is 7.05 Å². The van der Waals surface area contributed by atoms with Crippen LogP contribution in [0.15, 0.2) is 36.5 Å². The maximum absolute atomic E-state index is 11.8. The maximum Gasteiger partial charge on any atom is 0.319 e. The van der Waals surface area contributed by atoms with Crippen molar-refractivity contribution in [3.8, 4) is 0 Å². The predicted octanol–water partition coefficient (Wildman–Crippen LogP) is 2.50. The van der Waals surface area contributed by atoms with Gasteiger partial charge >= 0.3 is 6.03 Å². The highest BCUT2D eigenvalue weighted by atomic mass is 16.3. The lowest BCUT2D eigenvalue weighted by Crippen LogP contribution is -2.32. The van der Waals surface area contributed by atoms with Crippen LogP contribution >= 0.6 is 0 Å². The number of urea groups is 1. The third-order valence-corrected chi connectivity index (χ3v) is 3.55. The van der Waals surface area contributed by atoms with Gasteiger partial charge in [0.15, 0.2) is 0 Å².